The summed E-state index contributed by atoms with van der Waals surface area (Å²) in [5, 5.41) is 13.6. The number of aryl methyl sites for hydroxylation is 1. The molecule has 0 saturated carbocycles. The first-order chi connectivity index (χ1) is 10.6. The van der Waals surface area contributed by atoms with Gasteiger partial charge in [-0.1, -0.05) is 31.2 Å². The predicted molar refractivity (Wildman–Crippen MR) is 103 cm³/mol. The number of benzene rings is 2. The molecule has 0 spiro atoms. The normalized spacial score (nSPS) is 10.7. The highest BCUT2D eigenvalue weighted by Gasteiger charge is 2.03. The largest absolute Gasteiger partial charge is 0.370 e. The quantitative estimate of drug-likeness (QED) is 0.251. The van der Waals surface area contributed by atoms with Gasteiger partial charge in [-0.25, -0.2) is 4.99 Å². The van der Waals surface area contributed by atoms with E-state index >= 15 is 0 Å². The summed E-state index contributed by atoms with van der Waals surface area (Å²) in [7, 11) is 0. The Hall–Kier alpha value is -2.16. The van der Waals surface area contributed by atoms with Crippen LogP contribution < -0.4 is 11.1 Å². The molecule has 0 saturated heterocycles. The summed E-state index contributed by atoms with van der Waals surface area (Å²) in [6.07, 6.45) is 0.990. The number of nitro groups is 1. The monoisotopic (exact) mass is 426 g/mol. The van der Waals surface area contributed by atoms with E-state index in [1.54, 1.807) is 12.1 Å². The number of anilines is 1. The zero-order valence-electron chi connectivity index (χ0n) is 12.7. The van der Waals surface area contributed by atoms with Crippen LogP contribution in [-0.4, -0.2) is 10.9 Å². The minimum absolute atomic E-state index is 0. The van der Waals surface area contributed by atoms with Gasteiger partial charge in [0.05, 0.1) is 11.5 Å². The maximum absolute atomic E-state index is 10.6. The van der Waals surface area contributed by atoms with Crippen molar-refractivity contribution in [3.63, 3.8) is 0 Å². The van der Waals surface area contributed by atoms with Crippen LogP contribution in [0.2, 0.25) is 0 Å². The molecule has 0 aliphatic rings. The topological polar surface area (TPSA) is 93.5 Å². The molecule has 2 aromatic carbocycles. The zero-order valence-corrected chi connectivity index (χ0v) is 15.1. The van der Waals surface area contributed by atoms with E-state index in [0.717, 1.165) is 17.7 Å². The second-order valence-corrected chi connectivity index (χ2v) is 4.80. The highest BCUT2D eigenvalue weighted by molar-refractivity contribution is 14.0. The second-order valence-electron chi connectivity index (χ2n) is 4.80. The molecule has 0 heterocycles. The summed E-state index contributed by atoms with van der Waals surface area (Å²) in [4.78, 5) is 14.4. The number of guanidine groups is 1. The molecular formula is C16H19IN4O2. The van der Waals surface area contributed by atoms with Crippen molar-refractivity contribution < 1.29 is 4.92 Å². The average Bonchev–Trinajstić information content (AvgIpc) is 2.54. The van der Waals surface area contributed by atoms with E-state index in [1.807, 2.05) is 24.3 Å². The van der Waals surface area contributed by atoms with Gasteiger partial charge < -0.3 is 11.1 Å². The lowest BCUT2D eigenvalue weighted by Gasteiger charge is -2.06. The predicted octanol–water partition coefficient (Wildman–Crippen LogP) is 3.70. The zero-order chi connectivity index (χ0) is 15.9. The van der Waals surface area contributed by atoms with Gasteiger partial charge in [0, 0.05) is 17.8 Å². The Morgan fingerprint density at radius 1 is 1.13 bits per heavy atom. The second kappa shape index (κ2) is 9.09. The molecule has 2 rings (SSSR count). The Morgan fingerprint density at radius 2 is 1.70 bits per heavy atom. The molecule has 0 aliphatic carbocycles. The number of nitrogens with one attached hydrogen (secondary N) is 1. The van der Waals surface area contributed by atoms with Gasteiger partial charge in [-0.2, -0.15) is 0 Å². The first kappa shape index (κ1) is 18.9. The van der Waals surface area contributed by atoms with Crippen molar-refractivity contribution in [1.82, 2.24) is 0 Å². The molecule has 0 aromatic heterocycles. The number of nitrogens with zero attached hydrogens (tertiary/aromatic N) is 2. The van der Waals surface area contributed by atoms with Crippen LogP contribution in [0.3, 0.4) is 0 Å². The number of rotatable bonds is 5. The molecule has 2 aromatic rings. The highest BCUT2D eigenvalue weighted by atomic mass is 127. The van der Waals surface area contributed by atoms with Crippen molar-refractivity contribution >= 4 is 41.3 Å². The van der Waals surface area contributed by atoms with E-state index in [0.29, 0.717) is 12.5 Å². The van der Waals surface area contributed by atoms with Crippen LogP contribution in [0.1, 0.15) is 18.1 Å². The van der Waals surface area contributed by atoms with Gasteiger partial charge in [-0.3, -0.25) is 10.1 Å². The van der Waals surface area contributed by atoms with Gasteiger partial charge in [0.1, 0.15) is 0 Å². The number of aliphatic imine (C=N–C) groups is 1. The minimum Gasteiger partial charge on any atom is -0.370 e. The fraction of sp³-hybridized carbons (Fsp3) is 0.188. The molecular weight excluding hydrogens is 407 g/mol. The maximum atomic E-state index is 10.6. The number of nitro benzene ring substituents is 1. The standard InChI is InChI=1S/C16H18N4O2.HI/c1-2-12-3-7-14(8-4-12)19-16(17)18-11-13-5-9-15(10-6-13)20(21)22;/h3-10H,2,11H2,1H3,(H3,17,18,19);1H. The summed E-state index contributed by atoms with van der Waals surface area (Å²) >= 11 is 0. The molecule has 7 heteroatoms. The fourth-order valence-corrected chi connectivity index (χ4v) is 1.91. The van der Waals surface area contributed by atoms with Gasteiger partial charge in [-0.05, 0) is 29.7 Å². The lowest BCUT2D eigenvalue weighted by molar-refractivity contribution is -0.384. The van der Waals surface area contributed by atoms with Crippen LogP contribution in [0, 0.1) is 10.1 Å². The van der Waals surface area contributed by atoms with Gasteiger partial charge >= 0.3 is 0 Å². The molecule has 23 heavy (non-hydrogen) atoms. The van der Waals surface area contributed by atoms with Crippen LogP contribution in [0.5, 0.6) is 0 Å². The van der Waals surface area contributed by atoms with Crippen LogP contribution in [0.25, 0.3) is 0 Å². The summed E-state index contributed by atoms with van der Waals surface area (Å²) in [6.45, 7) is 2.46. The minimum atomic E-state index is -0.428. The number of halogens is 1. The SMILES string of the molecule is CCc1ccc(NC(N)=NCc2ccc([N+](=O)[O-])cc2)cc1.I. The van der Waals surface area contributed by atoms with Crippen LogP contribution in [-0.2, 0) is 13.0 Å². The van der Waals surface area contributed by atoms with Gasteiger partial charge in [0.25, 0.3) is 5.69 Å². The maximum Gasteiger partial charge on any atom is 0.269 e. The molecule has 0 fully saturated rings. The van der Waals surface area contributed by atoms with E-state index in [1.165, 1.54) is 17.7 Å². The van der Waals surface area contributed by atoms with Crippen molar-refractivity contribution in [1.29, 1.82) is 0 Å². The third-order valence-electron chi connectivity index (χ3n) is 3.21. The Labute approximate surface area is 152 Å². The number of nitrogens with two attached hydrogens (primary N) is 1. The van der Waals surface area contributed by atoms with Gasteiger partial charge in [0.2, 0.25) is 0 Å². The average molecular weight is 426 g/mol. The molecule has 6 nitrogen and oxygen atoms in total. The molecule has 0 bridgehead atoms. The Kier molecular flexibility index (Phi) is 7.46. The van der Waals surface area contributed by atoms with Gasteiger partial charge in [-0.15, -0.1) is 24.0 Å². The van der Waals surface area contributed by atoms with Crippen LogP contribution >= 0.6 is 24.0 Å². The molecule has 0 aliphatic heterocycles. The van der Waals surface area contributed by atoms with E-state index in [-0.39, 0.29) is 29.7 Å². The lowest BCUT2D eigenvalue weighted by Crippen LogP contribution is -2.22. The van der Waals surface area contributed by atoms with Crippen molar-refractivity contribution in [2.75, 3.05) is 5.32 Å². The highest BCUT2D eigenvalue weighted by Crippen LogP contribution is 2.13. The smallest absolute Gasteiger partial charge is 0.269 e. The van der Waals surface area contributed by atoms with E-state index in [2.05, 4.69) is 17.2 Å². The first-order valence-corrected chi connectivity index (χ1v) is 6.97. The van der Waals surface area contributed by atoms with E-state index < -0.39 is 4.92 Å². The van der Waals surface area contributed by atoms with E-state index in [9.17, 15) is 10.1 Å². The lowest BCUT2D eigenvalue weighted by atomic mass is 10.1. The summed E-state index contributed by atoms with van der Waals surface area (Å²) in [6, 6.07) is 14.2. The van der Waals surface area contributed by atoms with Crippen molar-refractivity contribution in [2.45, 2.75) is 19.9 Å². The fourth-order valence-electron chi connectivity index (χ4n) is 1.91. The number of hydrogen-bond acceptors (Lipinski definition) is 3. The summed E-state index contributed by atoms with van der Waals surface area (Å²) in [5.74, 6) is 0.308. The third-order valence-corrected chi connectivity index (χ3v) is 3.21. The number of non-ortho nitro benzene ring substituents is 1. The molecule has 0 amide bonds. The summed E-state index contributed by atoms with van der Waals surface area (Å²) < 4.78 is 0. The third kappa shape index (κ3) is 5.85. The summed E-state index contributed by atoms with van der Waals surface area (Å²) in [5.41, 5.74) is 8.89. The van der Waals surface area contributed by atoms with Crippen molar-refractivity contribution in [2.24, 2.45) is 10.7 Å². The Bertz CT molecular complexity index is 669. The molecule has 122 valence electrons. The van der Waals surface area contributed by atoms with Crippen molar-refractivity contribution in [3.8, 4) is 0 Å². The van der Waals surface area contributed by atoms with E-state index in [4.69, 9.17) is 5.73 Å². The van der Waals surface area contributed by atoms with Crippen LogP contribution in [0.15, 0.2) is 53.5 Å². The molecule has 0 unspecified atom stereocenters. The molecule has 0 radical (unpaired) electrons. The molecule has 0 atom stereocenters. The van der Waals surface area contributed by atoms with Crippen molar-refractivity contribution in [3.05, 3.63) is 69.8 Å². The Balaban J connectivity index is 0.00000264. The number of hydrogen-bond donors (Lipinski definition) is 2. The van der Waals surface area contributed by atoms with Crippen LogP contribution in [0.4, 0.5) is 11.4 Å². The Morgan fingerprint density at radius 3 is 2.22 bits per heavy atom. The first-order valence-electron chi connectivity index (χ1n) is 6.97. The van der Waals surface area contributed by atoms with Gasteiger partial charge in [0.15, 0.2) is 5.96 Å². The molecule has 3 N–H and O–H groups in total.